The van der Waals surface area contributed by atoms with Gasteiger partial charge in [-0.25, -0.2) is 4.98 Å². The molecule has 0 saturated carbocycles. The number of hydrogen-bond acceptors (Lipinski definition) is 4. The molecule has 0 bridgehead atoms. The third kappa shape index (κ3) is 2.81. The highest BCUT2D eigenvalue weighted by Crippen LogP contribution is 2.18. The summed E-state index contributed by atoms with van der Waals surface area (Å²) >= 11 is 5.88. The smallest absolute Gasteiger partial charge is 0.262 e. The Bertz CT molecular complexity index is 858. The first-order valence-electron chi connectivity index (χ1n) is 6.91. The van der Waals surface area contributed by atoms with Crippen LogP contribution in [0.5, 0.6) is 0 Å². The second-order valence-electron chi connectivity index (χ2n) is 4.83. The van der Waals surface area contributed by atoms with Gasteiger partial charge >= 0.3 is 0 Å². The molecule has 0 fully saturated rings. The zero-order valence-corrected chi connectivity index (χ0v) is 12.5. The highest BCUT2D eigenvalue weighted by atomic mass is 35.5. The predicted octanol–water partition coefficient (Wildman–Crippen LogP) is 2.75. The van der Waals surface area contributed by atoms with Crippen molar-refractivity contribution in [1.82, 2.24) is 9.55 Å². The Kier molecular flexibility index (Phi) is 4.09. The van der Waals surface area contributed by atoms with Gasteiger partial charge in [0, 0.05) is 23.8 Å². The van der Waals surface area contributed by atoms with Gasteiger partial charge in [-0.3, -0.25) is 9.36 Å². The molecule has 0 aliphatic rings. The van der Waals surface area contributed by atoms with Crippen LogP contribution in [0.4, 0.5) is 11.6 Å². The monoisotopic (exact) mass is 314 g/mol. The largest absolute Gasteiger partial charge is 0.329 e. The SMILES string of the molecule is NCCn1c(Nc2ccc(Cl)cc2)nc2ccccc2c1=O. The third-order valence-electron chi connectivity index (χ3n) is 3.31. The van der Waals surface area contributed by atoms with E-state index in [9.17, 15) is 4.79 Å². The van der Waals surface area contributed by atoms with Gasteiger partial charge in [-0.2, -0.15) is 0 Å². The lowest BCUT2D eigenvalue weighted by atomic mass is 10.2. The van der Waals surface area contributed by atoms with E-state index in [0.717, 1.165) is 5.69 Å². The van der Waals surface area contributed by atoms with Crippen molar-refractivity contribution in [3.63, 3.8) is 0 Å². The number of para-hydroxylation sites is 1. The molecule has 3 rings (SSSR count). The van der Waals surface area contributed by atoms with Crippen molar-refractivity contribution >= 4 is 34.1 Å². The van der Waals surface area contributed by atoms with Crippen molar-refractivity contribution in [1.29, 1.82) is 0 Å². The Morgan fingerprint density at radius 2 is 1.86 bits per heavy atom. The first kappa shape index (κ1) is 14.6. The van der Waals surface area contributed by atoms with Gasteiger partial charge in [0.1, 0.15) is 0 Å². The van der Waals surface area contributed by atoms with Gasteiger partial charge in [-0.1, -0.05) is 23.7 Å². The number of nitrogens with two attached hydrogens (primary N) is 1. The average Bonchev–Trinajstić information content (AvgIpc) is 2.53. The van der Waals surface area contributed by atoms with Crippen LogP contribution in [0.25, 0.3) is 10.9 Å². The van der Waals surface area contributed by atoms with E-state index in [1.807, 2.05) is 30.3 Å². The van der Waals surface area contributed by atoms with Crippen LogP contribution in [0.15, 0.2) is 53.3 Å². The Balaban J connectivity index is 2.12. The predicted molar refractivity (Wildman–Crippen MR) is 89.8 cm³/mol. The van der Waals surface area contributed by atoms with Gasteiger partial charge in [-0.05, 0) is 36.4 Å². The highest BCUT2D eigenvalue weighted by Gasteiger charge is 2.10. The summed E-state index contributed by atoms with van der Waals surface area (Å²) in [4.78, 5) is 17.1. The van der Waals surface area contributed by atoms with Gasteiger partial charge < -0.3 is 11.1 Å². The van der Waals surface area contributed by atoms with Crippen LogP contribution in [-0.2, 0) is 6.54 Å². The number of aromatic nitrogens is 2. The van der Waals surface area contributed by atoms with E-state index in [1.165, 1.54) is 0 Å². The van der Waals surface area contributed by atoms with Gasteiger partial charge in [0.05, 0.1) is 10.9 Å². The number of hydrogen-bond donors (Lipinski definition) is 2. The van der Waals surface area contributed by atoms with Crippen molar-refractivity contribution in [2.45, 2.75) is 6.54 Å². The van der Waals surface area contributed by atoms with Crippen LogP contribution in [0.2, 0.25) is 5.02 Å². The summed E-state index contributed by atoms with van der Waals surface area (Å²) in [5.41, 5.74) is 6.97. The molecule has 0 aliphatic heterocycles. The van der Waals surface area contributed by atoms with Crippen LogP contribution >= 0.6 is 11.6 Å². The van der Waals surface area contributed by atoms with Crippen molar-refractivity contribution in [2.24, 2.45) is 5.73 Å². The number of rotatable bonds is 4. The minimum absolute atomic E-state index is 0.104. The van der Waals surface area contributed by atoms with Crippen LogP contribution in [0.1, 0.15) is 0 Å². The van der Waals surface area contributed by atoms with Crippen LogP contribution in [0.3, 0.4) is 0 Å². The molecule has 2 aromatic carbocycles. The maximum atomic E-state index is 12.6. The lowest BCUT2D eigenvalue weighted by Gasteiger charge is -2.14. The normalized spacial score (nSPS) is 10.8. The molecule has 3 aromatic rings. The van der Waals surface area contributed by atoms with E-state index >= 15 is 0 Å². The minimum Gasteiger partial charge on any atom is -0.329 e. The van der Waals surface area contributed by atoms with Crippen LogP contribution < -0.4 is 16.6 Å². The lowest BCUT2D eigenvalue weighted by molar-refractivity contribution is 0.684. The summed E-state index contributed by atoms with van der Waals surface area (Å²) in [6.07, 6.45) is 0. The van der Waals surface area contributed by atoms with E-state index in [2.05, 4.69) is 10.3 Å². The molecule has 1 heterocycles. The molecule has 1 aromatic heterocycles. The molecule has 0 spiro atoms. The molecule has 0 radical (unpaired) electrons. The number of nitrogens with zero attached hydrogens (tertiary/aromatic N) is 2. The number of anilines is 2. The molecule has 112 valence electrons. The van der Waals surface area contributed by atoms with Crippen molar-refractivity contribution in [3.05, 3.63) is 63.9 Å². The number of benzene rings is 2. The van der Waals surface area contributed by atoms with Crippen LogP contribution in [0, 0.1) is 0 Å². The Morgan fingerprint density at radius 3 is 2.59 bits per heavy atom. The second kappa shape index (κ2) is 6.17. The molecule has 0 atom stereocenters. The highest BCUT2D eigenvalue weighted by molar-refractivity contribution is 6.30. The van der Waals surface area contributed by atoms with E-state index < -0.39 is 0 Å². The first-order chi connectivity index (χ1) is 10.7. The molecule has 0 unspecified atom stereocenters. The Labute approximate surface area is 132 Å². The van der Waals surface area contributed by atoms with Crippen LogP contribution in [-0.4, -0.2) is 16.1 Å². The molecular formula is C16H15ClN4O. The maximum absolute atomic E-state index is 12.6. The third-order valence-corrected chi connectivity index (χ3v) is 3.57. The van der Waals surface area contributed by atoms with Gasteiger partial charge in [-0.15, -0.1) is 0 Å². The van der Waals surface area contributed by atoms with E-state index in [0.29, 0.717) is 35.0 Å². The van der Waals surface area contributed by atoms with Crippen molar-refractivity contribution < 1.29 is 0 Å². The fourth-order valence-corrected chi connectivity index (χ4v) is 2.39. The molecule has 0 aliphatic carbocycles. The summed E-state index contributed by atoms with van der Waals surface area (Å²) < 4.78 is 1.55. The summed E-state index contributed by atoms with van der Waals surface area (Å²) in [5, 5.41) is 4.39. The summed E-state index contributed by atoms with van der Waals surface area (Å²) in [7, 11) is 0. The van der Waals surface area contributed by atoms with Gasteiger partial charge in [0.2, 0.25) is 5.95 Å². The van der Waals surface area contributed by atoms with E-state index in [1.54, 1.807) is 22.8 Å². The van der Waals surface area contributed by atoms with Crippen molar-refractivity contribution in [3.8, 4) is 0 Å². The number of fused-ring (bicyclic) bond motifs is 1. The topological polar surface area (TPSA) is 72.9 Å². The molecule has 3 N–H and O–H groups in total. The molecule has 0 saturated heterocycles. The van der Waals surface area contributed by atoms with E-state index in [-0.39, 0.29) is 5.56 Å². The average molecular weight is 315 g/mol. The Morgan fingerprint density at radius 1 is 1.14 bits per heavy atom. The molecule has 6 heteroatoms. The summed E-state index contributed by atoms with van der Waals surface area (Å²) in [6, 6.07) is 14.5. The molecule has 22 heavy (non-hydrogen) atoms. The molecule has 5 nitrogen and oxygen atoms in total. The lowest BCUT2D eigenvalue weighted by Crippen LogP contribution is -2.27. The summed E-state index contributed by atoms with van der Waals surface area (Å²) in [6.45, 7) is 0.752. The fraction of sp³-hybridized carbons (Fsp3) is 0.125. The number of nitrogens with one attached hydrogen (secondary N) is 1. The standard InChI is InChI=1S/C16H15ClN4O/c17-11-5-7-12(8-6-11)19-16-20-14-4-2-1-3-13(14)15(22)21(16)10-9-18/h1-8H,9-10,18H2,(H,19,20). The molecule has 0 amide bonds. The van der Waals surface area contributed by atoms with E-state index in [4.69, 9.17) is 17.3 Å². The first-order valence-corrected chi connectivity index (χ1v) is 7.29. The van der Waals surface area contributed by atoms with Gasteiger partial charge in [0.25, 0.3) is 5.56 Å². The second-order valence-corrected chi connectivity index (χ2v) is 5.27. The zero-order chi connectivity index (χ0) is 15.5. The maximum Gasteiger partial charge on any atom is 0.262 e. The quantitative estimate of drug-likeness (QED) is 0.776. The minimum atomic E-state index is -0.104. The number of halogens is 1. The molecular weight excluding hydrogens is 300 g/mol. The summed E-state index contributed by atoms with van der Waals surface area (Å²) in [5.74, 6) is 0.469. The van der Waals surface area contributed by atoms with Crippen molar-refractivity contribution in [2.75, 3.05) is 11.9 Å². The van der Waals surface area contributed by atoms with Gasteiger partial charge in [0.15, 0.2) is 0 Å². The zero-order valence-electron chi connectivity index (χ0n) is 11.8. The fourth-order valence-electron chi connectivity index (χ4n) is 2.26. The Hall–Kier alpha value is -2.37.